The van der Waals surface area contributed by atoms with Crippen LogP contribution >= 0.6 is 0 Å². The summed E-state index contributed by atoms with van der Waals surface area (Å²) in [5.41, 5.74) is 3.11. The van der Waals surface area contributed by atoms with E-state index in [1.165, 1.54) is 11.1 Å². The molecule has 0 saturated carbocycles. The van der Waals surface area contributed by atoms with Crippen molar-refractivity contribution < 1.29 is 14.3 Å². The number of likely N-dealkylation sites (tertiary alicyclic amines) is 1. The van der Waals surface area contributed by atoms with Gasteiger partial charge < -0.3 is 14.4 Å². The highest BCUT2D eigenvalue weighted by molar-refractivity contribution is 5.94. The fourth-order valence-corrected chi connectivity index (χ4v) is 3.07. The number of carbonyl (C=O) groups is 1. The first-order valence-electron chi connectivity index (χ1n) is 8.76. The van der Waals surface area contributed by atoms with Gasteiger partial charge in [0.25, 0.3) is 5.91 Å². The normalized spacial score (nSPS) is 17.4. The summed E-state index contributed by atoms with van der Waals surface area (Å²) < 4.78 is 11.2. The fraction of sp³-hybridized carbons (Fsp3) is 0.381. The number of carbonyl (C=O) groups excluding carboxylic acids is 1. The Bertz CT molecular complexity index is 694. The van der Waals surface area contributed by atoms with Crippen molar-refractivity contribution in [3.63, 3.8) is 0 Å². The summed E-state index contributed by atoms with van der Waals surface area (Å²) in [5.74, 6) is 0.820. The van der Waals surface area contributed by atoms with Crippen molar-refractivity contribution in [2.45, 2.75) is 32.5 Å². The molecule has 0 radical (unpaired) electrons. The molecule has 3 rings (SSSR count). The Morgan fingerprint density at radius 2 is 1.84 bits per heavy atom. The van der Waals surface area contributed by atoms with E-state index in [0.29, 0.717) is 18.7 Å². The molecule has 0 bridgehead atoms. The number of rotatable bonds is 5. The van der Waals surface area contributed by atoms with Crippen LogP contribution in [0.2, 0.25) is 0 Å². The van der Waals surface area contributed by atoms with Crippen molar-refractivity contribution in [3.8, 4) is 5.75 Å². The maximum atomic E-state index is 12.7. The molecule has 1 fully saturated rings. The molecule has 1 heterocycles. The molecule has 4 heteroatoms. The van der Waals surface area contributed by atoms with E-state index in [1.807, 2.05) is 29.2 Å². The van der Waals surface area contributed by atoms with Gasteiger partial charge in [0.1, 0.15) is 5.75 Å². The summed E-state index contributed by atoms with van der Waals surface area (Å²) in [5, 5.41) is 0. The average molecular weight is 339 g/mol. The second kappa shape index (κ2) is 8.17. The van der Waals surface area contributed by atoms with Crippen LogP contribution in [-0.2, 0) is 11.3 Å². The monoisotopic (exact) mass is 339 g/mol. The lowest BCUT2D eigenvalue weighted by Crippen LogP contribution is -2.43. The Balaban J connectivity index is 1.56. The molecule has 0 spiro atoms. The first-order valence-corrected chi connectivity index (χ1v) is 8.76. The molecule has 1 atom stereocenters. The highest BCUT2D eigenvalue weighted by atomic mass is 16.5. The van der Waals surface area contributed by atoms with Crippen molar-refractivity contribution in [2.75, 3.05) is 20.2 Å². The zero-order valence-corrected chi connectivity index (χ0v) is 14.9. The molecule has 1 amide bonds. The standard InChI is InChI=1S/C21H25NO3/c1-16-5-7-17(8-6-16)15-25-20-4-3-13-22(14-20)21(23)18-9-11-19(24-2)12-10-18/h5-12,20H,3-4,13-15H2,1-2H3. The lowest BCUT2D eigenvalue weighted by molar-refractivity contribution is -0.00673. The number of hydrogen-bond donors (Lipinski definition) is 0. The van der Waals surface area contributed by atoms with Gasteiger partial charge in [-0.15, -0.1) is 0 Å². The average Bonchev–Trinajstić information content (AvgIpc) is 2.67. The van der Waals surface area contributed by atoms with Crippen molar-refractivity contribution >= 4 is 5.91 Å². The van der Waals surface area contributed by atoms with Crippen LogP contribution in [0.1, 0.15) is 34.3 Å². The highest BCUT2D eigenvalue weighted by Crippen LogP contribution is 2.19. The molecule has 4 nitrogen and oxygen atoms in total. The number of benzene rings is 2. The molecule has 1 unspecified atom stereocenters. The van der Waals surface area contributed by atoms with Crippen molar-refractivity contribution in [2.24, 2.45) is 0 Å². The molecular weight excluding hydrogens is 314 g/mol. The Labute approximate surface area is 149 Å². The van der Waals surface area contributed by atoms with E-state index in [-0.39, 0.29) is 12.0 Å². The van der Waals surface area contributed by atoms with Gasteiger partial charge in [0.15, 0.2) is 0 Å². The van der Waals surface area contributed by atoms with Gasteiger partial charge in [-0.2, -0.15) is 0 Å². The zero-order chi connectivity index (χ0) is 17.6. The summed E-state index contributed by atoms with van der Waals surface area (Å²) in [6.45, 7) is 4.11. The van der Waals surface area contributed by atoms with Gasteiger partial charge in [-0.3, -0.25) is 4.79 Å². The molecule has 0 N–H and O–H groups in total. The van der Waals surface area contributed by atoms with E-state index >= 15 is 0 Å². The minimum absolute atomic E-state index is 0.0614. The zero-order valence-electron chi connectivity index (χ0n) is 14.9. The maximum absolute atomic E-state index is 12.7. The number of methoxy groups -OCH3 is 1. The summed E-state index contributed by atoms with van der Waals surface area (Å²) >= 11 is 0. The van der Waals surface area contributed by atoms with Crippen LogP contribution in [0, 0.1) is 6.92 Å². The van der Waals surface area contributed by atoms with E-state index in [9.17, 15) is 4.79 Å². The van der Waals surface area contributed by atoms with Crippen LogP contribution < -0.4 is 4.74 Å². The molecule has 1 saturated heterocycles. The number of aryl methyl sites for hydroxylation is 1. The van der Waals surface area contributed by atoms with Gasteiger partial charge >= 0.3 is 0 Å². The summed E-state index contributed by atoms with van der Waals surface area (Å²) in [4.78, 5) is 14.6. The first-order chi connectivity index (χ1) is 12.2. The smallest absolute Gasteiger partial charge is 0.253 e. The van der Waals surface area contributed by atoms with Gasteiger partial charge in [-0.1, -0.05) is 29.8 Å². The predicted octanol–water partition coefficient (Wildman–Crippen LogP) is 3.83. The number of ether oxygens (including phenoxy) is 2. The lowest BCUT2D eigenvalue weighted by Gasteiger charge is -2.32. The van der Waals surface area contributed by atoms with E-state index in [4.69, 9.17) is 9.47 Å². The van der Waals surface area contributed by atoms with Crippen molar-refractivity contribution in [3.05, 3.63) is 65.2 Å². The van der Waals surface area contributed by atoms with Gasteiger partial charge in [-0.25, -0.2) is 0 Å². The predicted molar refractivity (Wildman–Crippen MR) is 97.9 cm³/mol. The third-order valence-electron chi connectivity index (χ3n) is 4.61. The van der Waals surface area contributed by atoms with E-state index in [2.05, 4.69) is 31.2 Å². The van der Waals surface area contributed by atoms with E-state index < -0.39 is 0 Å². The second-order valence-electron chi connectivity index (χ2n) is 6.54. The fourth-order valence-electron chi connectivity index (χ4n) is 3.07. The second-order valence-corrected chi connectivity index (χ2v) is 6.54. The van der Waals surface area contributed by atoms with Gasteiger partial charge in [0.05, 0.1) is 19.8 Å². The Morgan fingerprint density at radius 3 is 2.52 bits per heavy atom. The van der Waals surface area contributed by atoms with Gasteiger partial charge in [-0.05, 0) is 49.6 Å². The number of piperidine rings is 1. The molecule has 1 aliphatic heterocycles. The number of amides is 1. The van der Waals surface area contributed by atoms with Crippen LogP contribution in [0.4, 0.5) is 0 Å². The first kappa shape index (κ1) is 17.5. The largest absolute Gasteiger partial charge is 0.497 e. The molecular formula is C21H25NO3. The molecule has 25 heavy (non-hydrogen) atoms. The van der Waals surface area contributed by atoms with Crippen molar-refractivity contribution in [1.82, 2.24) is 4.90 Å². The Kier molecular flexibility index (Phi) is 5.71. The summed E-state index contributed by atoms with van der Waals surface area (Å²) in [6, 6.07) is 15.7. The maximum Gasteiger partial charge on any atom is 0.253 e. The van der Waals surface area contributed by atoms with Crippen LogP contribution in [0.15, 0.2) is 48.5 Å². The quantitative estimate of drug-likeness (QED) is 0.831. The Morgan fingerprint density at radius 1 is 1.12 bits per heavy atom. The SMILES string of the molecule is COc1ccc(C(=O)N2CCCC(OCc3ccc(C)cc3)C2)cc1. The van der Waals surface area contributed by atoms with Crippen LogP contribution in [0.3, 0.4) is 0 Å². The number of nitrogens with zero attached hydrogens (tertiary/aromatic N) is 1. The molecule has 0 aromatic heterocycles. The topological polar surface area (TPSA) is 38.8 Å². The van der Waals surface area contributed by atoms with Gasteiger partial charge in [0, 0.05) is 18.7 Å². The van der Waals surface area contributed by atoms with Crippen LogP contribution in [0.5, 0.6) is 5.75 Å². The van der Waals surface area contributed by atoms with Crippen LogP contribution in [-0.4, -0.2) is 37.1 Å². The van der Waals surface area contributed by atoms with E-state index in [0.717, 1.165) is 25.1 Å². The lowest BCUT2D eigenvalue weighted by atomic mass is 10.1. The molecule has 132 valence electrons. The third-order valence-corrected chi connectivity index (χ3v) is 4.61. The van der Waals surface area contributed by atoms with Crippen molar-refractivity contribution in [1.29, 1.82) is 0 Å². The van der Waals surface area contributed by atoms with Crippen LogP contribution in [0.25, 0.3) is 0 Å². The highest BCUT2D eigenvalue weighted by Gasteiger charge is 2.25. The van der Waals surface area contributed by atoms with E-state index in [1.54, 1.807) is 7.11 Å². The minimum atomic E-state index is 0.0614. The molecule has 2 aromatic carbocycles. The molecule has 2 aromatic rings. The molecule has 0 aliphatic carbocycles. The minimum Gasteiger partial charge on any atom is -0.497 e. The van der Waals surface area contributed by atoms with Gasteiger partial charge in [0.2, 0.25) is 0 Å². The number of hydrogen-bond acceptors (Lipinski definition) is 3. The summed E-state index contributed by atoms with van der Waals surface area (Å²) in [6.07, 6.45) is 2.07. The summed E-state index contributed by atoms with van der Waals surface area (Å²) in [7, 11) is 1.62. The molecule has 1 aliphatic rings. The third kappa shape index (κ3) is 4.60. The Hall–Kier alpha value is -2.33.